The van der Waals surface area contributed by atoms with E-state index in [1.807, 2.05) is 18.2 Å². The Morgan fingerprint density at radius 3 is 2.21 bits per heavy atom. The Labute approximate surface area is 83.8 Å². The first kappa shape index (κ1) is 8.45. The molecular formula is C12H14O2. The second kappa shape index (κ2) is 3.37. The maximum Gasteiger partial charge on any atom is 0.183 e. The van der Waals surface area contributed by atoms with Crippen LogP contribution in [-0.2, 0) is 9.47 Å². The Bertz CT molecular complexity index is 297. The largest absolute Gasteiger partial charge is 0.348 e. The molecule has 0 aromatic heterocycles. The summed E-state index contributed by atoms with van der Waals surface area (Å²) in [6.07, 6.45) is 1.16. The molecule has 2 fully saturated rings. The Hall–Kier alpha value is -0.860. The van der Waals surface area contributed by atoms with Crippen molar-refractivity contribution in [2.45, 2.75) is 12.7 Å². The van der Waals surface area contributed by atoms with Crippen LogP contribution < -0.4 is 0 Å². The minimum absolute atomic E-state index is 0.135. The van der Waals surface area contributed by atoms with E-state index in [1.165, 1.54) is 6.42 Å². The summed E-state index contributed by atoms with van der Waals surface area (Å²) in [4.78, 5) is 0. The molecule has 0 N–H and O–H groups in total. The molecule has 0 unspecified atom stereocenters. The summed E-state index contributed by atoms with van der Waals surface area (Å²) in [6, 6.07) is 10.2. The first-order valence-electron chi connectivity index (χ1n) is 5.21. The van der Waals surface area contributed by atoms with E-state index >= 15 is 0 Å². The van der Waals surface area contributed by atoms with Crippen molar-refractivity contribution in [2.75, 3.05) is 13.2 Å². The number of fused-ring (bicyclic) bond motifs is 1. The minimum Gasteiger partial charge on any atom is -0.348 e. The highest BCUT2D eigenvalue weighted by molar-refractivity contribution is 5.16. The molecular weight excluding hydrogens is 176 g/mol. The topological polar surface area (TPSA) is 18.5 Å². The molecule has 3 rings (SSSR count). The Morgan fingerprint density at radius 2 is 1.57 bits per heavy atom. The molecule has 2 nitrogen and oxygen atoms in total. The third kappa shape index (κ3) is 1.56. The van der Waals surface area contributed by atoms with Crippen LogP contribution >= 0.6 is 0 Å². The number of hydrogen-bond donors (Lipinski definition) is 0. The third-order valence-corrected chi connectivity index (χ3v) is 3.06. The van der Waals surface area contributed by atoms with Gasteiger partial charge in [0.25, 0.3) is 0 Å². The molecule has 1 aromatic rings. The van der Waals surface area contributed by atoms with Crippen molar-refractivity contribution in [1.82, 2.24) is 0 Å². The molecule has 2 atom stereocenters. The first-order chi connectivity index (χ1) is 6.93. The summed E-state index contributed by atoms with van der Waals surface area (Å²) in [5.41, 5.74) is 1.13. The van der Waals surface area contributed by atoms with Gasteiger partial charge in [0.1, 0.15) is 0 Å². The lowest BCUT2D eigenvalue weighted by Crippen LogP contribution is -2.08. The number of rotatable bonds is 1. The van der Waals surface area contributed by atoms with E-state index in [9.17, 15) is 0 Å². The van der Waals surface area contributed by atoms with Gasteiger partial charge in [-0.3, -0.25) is 0 Å². The molecule has 1 heterocycles. The van der Waals surface area contributed by atoms with E-state index in [-0.39, 0.29) is 6.29 Å². The van der Waals surface area contributed by atoms with Crippen LogP contribution in [0.15, 0.2) is 30.3 Å². The summed E-state index contributed by atoms with van der Waals surface area (Å²) >= 11 is 0. The number of benzene rings is 1. The first-order valence-corrected chi connectivity index (χ1v) is 5.21. The van der Waals surface area contributed by atoms with Gasteiger partial charge >= 0.3 is 0 Å². The molecule has 2 heteroatoms. The van der Waals surface area contributed by atoms with Gasteiger partial charge in [0.05, 0.1) is 13.2 Å². The molecule has 0 radical (unpaired) electrons. The summed E-state index contributed by atoms with van der Waals surface area (Å²) in [5.74, 6) is 1.53. The van der Waals surface area contributed by atoms with Crippen molar-refractivity contribution in [3.05, 3.63) is 35.9 Å². The Balaban J connectivity index is 1.73. The zero-order valence-electron chi connectivity index (χ0n) is 8.06. The zero-order chi connectivity index (χ0) is 9.38. The molecule has 2 aliphatic rings. The molecule has 14 heavy (non-hydrogen) atoms. The van der Waals surface area contributed by atoms with Gasteiger partial charge in [-0.15, -0.1) is 0 Å². The van der Waals surface area contributed by atoms with Crippen molar-refractivity contribution in [1.29, 1.82) is 0 Å². The van der Waals surface area contributed by atoms with Crippen LogP contribution in [0.5, 0.6) is 0 Å². The maximum atomic E-state index is 5.72. The molecule has 0 spiro atoms. The fourth-order valence-corrected chi connectivity index (χ4v) is 1.99. The minimum atomic E-state index is -0.135. The molecule has 1 aromatic carbocycles. The highest BCUT2D eigenvalue weighted by atomic mass is 16.7. The standard InChI is InChI=1S/C12H14O2/c1-2-4-9(5-3-1)12-13-7-10-6-11(10)8-14-12/h1-5,10-12H,6-8H2/t10-,11-/m0/s1. The van der Waals surface area contributed by atoms with Gasteiger partial charge in [-0.05, 0) is 18.3 Å². The summed E-state index contributed by atoms with van der Waals surface area (Å²) in [6.45, 7) is 1.73. The fourth-order valence-electron chi connectivity index (χ4n) is 1.99. The van der Waals surface area contributed by atoms with Gasteiger partial charge in [-0.1, -0.05) is 30.3 Å². The third-order valence-electron chi connectivity index (χ3n) is 3.06. The van der Waals surface area contributed by atoms with Crippen molar-refractivity contribution in [3.63, 3.8) is 0 Å². The average molecular weight is 190 g/mol. The lowest BCUT2D eigenvalue weighted by Gasteiger charge is -2.16. The normalized spacial score (nSPS) is 32.0. The van der Waals surface area contributed by atoms with E-state index < -0.39 is 0 Å². The van der Waals surface area contributed by atoms with Crippen LogP contribution in [0.4, 0.5) is 0 Å². The number of ether oxygens (including phenoxy) is 2. The highest BCUT2D eigenvalue weighted by Gasteiger charge is 2.40. The van der Waals surface area contributed by atoms with Crippen LogP contribution in [0, 0.1) is 11.8 Å². The van der Waals surface area contributed by atoms with E-state index in [0.29, 0.717) is 0 Å². The van der Waals surface area contributed by atoms with E-state index in [4.69, 9.17) is 9.47 Å². The van der Waals surface area contributed by atoms with E-state index in [0.717, 1.165) is 30.6 Å². The summed E-state index contributed by atoms with van der Waals surface area (Å²) < 4.78 is 11.4. The predicted molar refractivity (Wildman–Crippen MR) is 52.7 cm³/mol. The van der Waals surface area contributed by atoms with Crippen LogP contribution in [0.25, 0.3) is 0 Å². The predicted octanol–water partition coefficient (Wildman–Crippen LogP) is 2.37. The second-order valence-corrected chi connectivity index (χ2v) is 4.17. The van der Waals surface area contributed by atoms with Crippen molar-refractivity contribution in [3.8, 4) is 0 Å². The molecule has 1 aliphatic heterocycles. The van der Waals surface area contributed by atoms with Gasteiger partial charge < -0.3 is 9.47 Å². The van der Waals surface area contributed by atoms with Crippen molar-refractivity contribution >= 4 is 0 Å². The smallest absolute Gasteiger partial charge is 0.183 e. The summed E-state index contributed by atoms with van der Waals surface area (Å²) in [7, 11) is 0. The fraction of sp³-hybridized carbons (Fsp3) is 0.500. The Kier molecular flexibility index (Phi) is 2.03. The zero-order valence-corrected chi connectivity index (χ0v) is 8.06. The van der Waals surface area contributed by atoms with E-state index in [2.05, 4.69) is 12.1 Å². The number of hydrogen-bond acceptors (Lipinski definition) is 2. The quantitative estimate of drug-likeness (QED) is 0.676. The van der Waals surface area contributed by atoms with Crippen LogP contribution in [0.3, 0.4) is 0 Å². The monoisotopic (exact) mass is 190 g/mol. The van der Waals surface area contributed by atoms with Gasteiger partial charge in [0.15, 0.2) is 6.29 Å². The highest BCUT2D eigenvalue weighted by Crippen LogP contribution is 2.43. The van der Waals surface area contributed by atoms with Gasteiger partial charge in [-0.2, -0.15) is 0 Å². The van der Waals surface area contributed by atoms with Gasteiger partial charge in [0.2, 0.25) is 0 Å². The molecule has 0 amide bonds. The lowest BCUT2D eigenvalue weighted by molar-refractivity contribution is -0.138. The molecule has 74 valence electrons. The van der Waals surface area contributed by atoms with Gasteiger partial charge in [0, 0.05) is 5.56 Å². The van der Waals surface area contributed by atoms with Gasteiger partial charge in [-0.25, -0.2) is 0 Å². The Morgan fingerprint density at radius 1 is 0.929 bits per heavy atom. The average Bonchev–Trinajstić information content (AvgIpc) is 2.96. The van der Waals surface area contributed by atoms with Crippen LogP contribution in [-0.4, -0.2) is 13.2 Å². The molecule has 1 saturated carbocycles. The van der Waals surface area contributed by atoms with E-state index in [1.54, 1.807) is 0 Å². The van der Waals surface area contributed by atoms with Crippen molar-refractivity contribution < 1.29 is 9.47 Å². The molecule has 0 bridgehead atoms. The summed E-state index contributed by atoms with van der Waals surface area (Å²) in [5, 5.41) is 0. The SMILES string of the molecule is c1ccc(C2OC[C@@H]3C[C@H]3CO2)cc1. The van der Waals surface area contributed by atoms with Crippen LogP contribution in [0.2, 0.25) is 0 Å². The van der Waals surface area contributed by atoms with Crippen LogP contribution in [0.1, 0.15) is 18.3 Å². The lowest BCUT2D eigenvalue weighted by atomic mass is 10.2. The molecule has 1 saturated heterocycles. The molecule has 1 aliphatic carbocycles. The maximum absolute atomic E-state index is 5.72. The second-order valence-electron chi connectivity index (χ2n) is 4.17. The van der Waals surface area contributed by atoms with Crippen molar-refractivity contribution in [2.24, 2.45) is 11.8 Å².